The number of amides is 1. The molecule has 1 aliphatic rings. The molecular formula is C14H13ClFNO2S. The van der Waals surface area contributed by atoms with Gasteiger partial charge in [0.2, 0.25) is 0 Å². The largest absolute Gasteiger partial charge is 0.391 e. The van der Waals surface area contributed by atoms with Gasteiger partial charge in [0.15, 0.2) is 0 Å². The van der Waals surface area contributed by atoms with E-state index in [-0.39, 0.29) is 18.3 Å². The maximum atomic E-state index is 13.2. The molecule has 1 aromatic carbocycles. The lowest BCUT2D eigenvalue weighted by atomic mass is 10.2. The molecule has 3 nitrogen and oxygen atoms in total. The third-order valence-electron chi connectivity index (χ3n) is 3.44. The summed E-state index contributed by atoms with van der Waals surface area (Å²) in [5.41, 5.74) is 0. The zero-order chi connectivity index (χ0) is 14.3. The van der Waals surface area contributed by atoms with E-state index in [0.29, 0.717) is 25.9 Å². The molecule has 0 saturated heterocycles. The molecule has 1 unspecified atom stereocenters. The molecule has 1 saturated carbocycles. The van der Waals surface area contributed by atoms with Crippen LogP contribution in [-0.4, -0.2) is 23.7 Å². The maximum absolute atomic E-state index is 13.2. The van der Waals surface area contributed by atoms with Gasteiger partial charge in [-0.1, -0.05) is 11.6 Å². The Morgan fingerprint density at radius 3 is 3.00 bits per heavy atom. The van der Waals surface area contributed by atoms with E-state index in [1.165, 1.54) is 12.1 Å². The number of carbonyl (C=O) groups is 1. The topological polar surface area (TPSA) is 49.3 Å². The van der Waals surface area contributed by atoms with Crippen molar-refractivity contribution in [3.63, 3.8) is 0 Å². The van der Waals surface area contributed by atoms with Gasteiger partial charge in [0, 0.05) is 16.6 Å². The lowest BCUT2D eigenvalue weighted by Crippen LogP contribution is -2.32. The predicted octanol–water partition coefficient (Wildman–Crippen LogP) is 3.19. The number of hydrogen-bond acceptors (Lipinski definition) is 3. The summed E-state index contributed by atoms with van der Waals surface area (Å²) < 4.78 is 13.8. The van der Waals surface area contributed by atoms with Crippen molar-refractivity contribution in [2.75, 3.05) is 6.54 Å². The van der Waals surface area contributed by atoms with Crippen LogP contribution in [0.25, 0.3) is 10.1 Å². The van der Waals surface area contributed by atoms with Gasteiger partial charge in [0.25, 0.3) is 5.91 Å². The summed E-state index contributed by atoms with van der Waals surface area (Å²) in [7, 11) is 0. The van der Waals surface area contributed by atoms with Crippen molar-refractivity contribution in [2.24, 2.45) is 5.92 Å². The fraction of sp³-hybridized carbons (Fsp3) is 0.357. The van der Waals surface area contributed by atoms with Gasteiger partial charge in [-0.25, -0.2) is 4.39 Å². The minimum absolute atomic E-state index is 0.225. The number of aliphatic hydroxyl groups excluding tert-OH is 1. The Bertz CT molecular complexity index is 668. The zero-order valence-electron chi connectivity index (χ0n) is 10.5. The Morgan fingerprint density at radius 2 is 2.30 bits per heavy atom. The fourth-order valence-corrected chi connectivity index (χ4v) is 3.57. The van der Waals surface area contributed by atoms with Crippen LogP contribution < -0.4 is 5.32 Å². The number of benzene rings is 1. The summed E-state index contributed by atoms with van der Waals surface area (Å²) in [6.45, 7) is 0.225. The Labute approximate surface area is 124 Å². The molecule has 1 aliphatic carbocycles. The number of carbonyl (C=O) groups excluding carboxylic acids is 1. The van der Waals surface area contributed by atoms with E-state index in [4.69, 9.17) is 11.6 Å². The van der Waals surface area contributed by atoms with Crippen LogP contribution in [0.4, 0.5) is 4.39 Å². The van der Waals surface area contributed by atoms with Gasteiger partial charge < -0.3 is 10.4 Å². The van der Waals surface area contributed by atoms with Crippen LogP contribution >= 0.6 is 22.9 Å². The average Bonchev–Trinajstić information content (AvgIpc) is 3.21. The molecule has 106 valence electrons. The molecular weight excluding hydrogens is 301 g/mol. The van der Waals surface area contributed by atoms with Crippen LogP contribution in [0, 0.1) is 11.7 Å². The van der Waals surface area contributed by atoms with Gasteiger partial charge in [-0.3, -0.25) is 4.79 Å². The van der Waals surface area contributed by atoms with Crippen molar-refractivity contribution >= 4 is 38.9 Å². The molecule has 1 aromatic heterocycles. The summed E-state index contributed by atoms with van der Waals surface area (Å²) in [5.74, 6) is -0.370. The molecule has 6 heteroatoms. The molecule has 2 N–H and O–H groups in total. The van der Waals surface area contributed by atoms with Gasteiger partial charge >= 0.3 is 0 Å². The minimum Gasteiger partial charge on any atom is -0.391 e. The summed E-state index contributed by atoms with van der Waals surface area (Å²) in [4.78, 5) is 12.4. The van der Waals surface area contributed by atoms with Gasteiger partial charge in [0.05, 0.1) is 11.1 Å². The first-order valence-corrected chi connectivity index (χ1v) is 7.59. The van der Waals surface area contributed by atoms with E-state index in [1.807, 2.05) is 0 Å². The monoisotopic (exact) mass is 313 g/mol. The first-order chi connectivity index (χ1) is 9.56. The average molecular weight is 314 g/mol. The number of nitrogens with one attached hydrogen (secondary N) is 1. The van der Waals surface area contributed by atoms with E-state index in [1.54, 1.807) is 6.07 Å². The van der Waals surface area contributed by atoms with Crippen LogP contribution in [0.5, 0.6) is 0 Å². The van der Waals surface area contributed by atoms with E-state index < -0.39 is 6.10 Å². The van der Waals surface area contributed by atoms with E-state index in [9.17, 15) is 14.3 Å². The third kappa shape index (κ3) is 2.66. The molecule has 20 heavy (non-hydrogen) atoms. The van der Waals surface area contributed by atoms with E-state index in [0.717, 1.165) is 24.2 Å². The van der Waals surface area contributed by atoms with Crippen LogP contribution in [-0.2, 0) is 0 Å². The molecule has 0 bridgehead atoms. The standard InChI is InChI=1S/C14H13ClFNO2S/c15-12-9-4-3-8(16)5-11(9)20-13(12)14(19)17-6-10(18)7-1-2-7/h3-5,7,10,18H,1-2,6H2,(H,17,19). The number of hydrogen-bond donors (Lipinski definition) is 2. The Balaban J connectivity index is 1.78. The lowest BCUT2D eigenvalue weighted by molar-refractivity contribution is 0.0905. The van der Waals surface area contributed by atoms with Crippen molar-refractivity contribution < 1.29 is 14.3 Å². The first kappa shape index (κ1) is 13.8. The van der Waals surface area contributed by atoms with E-state index >= 15 is 0 Å². The summed E-state index contributed by atoms with van der Waals surface area (Å²) >= 11 is 7.32. The SMILES string of the molecule is O=C(NCC(O)C1CC1)c1sc2cc(F)ccc2c1Cl. The molecule has 1 atom stereocenters. The van der Waals surface area contributed by atoms with Gasteiger partial charge in [-0.2, -0.15) is 0 Å². The molecule has 0 radical (unpaired) electrons. The van der Waals surface area contributed by atoms with Gasteiger partial charge in [0.1, 0.15) is 10.7 Å². The summed E-state index contributed by atoms with van der Waals surface area (Å²) in [6, 6.07) is 4.25. The highest BCUT2D eigenvalue weighted by molar-refractivity contribution is 7.21. The first-order valence-electron chi connectivity index (χ1n) is 6.40. The molecule has 3 rings (SSSR count). The molecule has 1 amide bonds. The fourth-order valence-electron chi connectivity index (χ4n) is 2.11. The van der Waals surface area contributed by atoms with Crippen LogP contribution in [0.2, 0.25) is 5.02 Å². The number of fused-ring (bicyclic) bond motifs is 1. The maximum Gasteiger partial charge on any atom is 0.263 e. The zero-order valence-corrected chi connectivity index (χ0v) is 12.1. The Morgan fingerprint density at radius 1 is 1.55 bits per heavy atom. The second-order valence-corrected chi connectivity index (χ2v) is 6.43. The second kappa shape index (κ2) is 5.31. The van der Waals surface area contributed by atoms with Crippen molar-refractivity contribution in [2.45, 2.75) is 18.9 Å². The van der Waals surface area contributed by atoms with Gasteiger partial charge in [-0.15, -0.1) is 11.3 Å². The van der Waals surface area contributed by atoms with Crippen LogP contribution in [0.15, 0.2) is 18.2 Å². The molecule has 2 aromatic rings. The third-order valence-corrected chi connectivity index (χ3v) is 5.09. The summed E-state index contributed by atoms with van der Waals surface area (Å²) in [6.07, 6.45) is 1.53. The molecule has 1 fully saturated rings. The smallest absolute Gasteiger partial charge is 0.263 e. The molecule has 0 spiro atoms. The van der Waals surface area contributed by atoms with Crippen LogP contribution in [0.1, 0.15) is 22.5 Å². The number of rotatable bonds is 4. The van der Waals surface area contributed by atoms with Crippen molar-refractivity contribution in [3.8, 4) is 0 Å². The van der Waals surface area contributed by atoms with Crippen LogP contribution in [0.3, 0.4) is 0 Å². The number of halogens is 2. The molecule has 1 heterocycles. The Hall–Kier alpha value is -1.17. The normalized spacial score (nSPS) is 16.4. The summed E-state index contributed by atoms with van der Waals surface area (Å²) in [5, 5.41) is 13.4. The van der Waals surface area contributed by atoms with Gasteiger partial charge in [-0.05, 0) is 37.0 Å². The molecule has 0 aliphatic heterocycles. The predicted molar refractivity (Wildman–Crippen MR) is 77.9 cm³/mol. The van der Waals surface area contributed by atoms with Crippen molar-refractivity contribution in [1.82, 2.24) is 5.32 Å². The highest BCUT2D eigenvalue weighted by Gasteiger charge is 2.30. The second-order valence-electron chi connectivity index (χ2n) is 5.00. The van der Waals surface area contributed by atoms with Crippen molar-refractivity contribution in [1.29, 1.82) is 0 Å². The Kier molecular flexibility index (Phi) is 3.67. The lowest BCUT2D eigenvalue weighted by Gasteiger charge is -2.09. The number of thiophene rings is 1. The quantitative estimate of drug-likeness (QED) is 0.910. The minimum atomic E-state index is -0.496. The highest BCUT2D eigenvalue weighted by atomic mass is 35.5. The van der Waals surface area contributed by atoms with E-state index in [2.05, 4.69) is 5.32 Å². The highest BCUT2D eigenvalue weighted by Crippen LogP contribution is 2.36. The van der Waals surface area contributed by atoms with Crippen molar-refractivity contribution in [3.05, 3.63) is 33.9 Å². The number of aliphatic hydroxyl groups is 1.